The number of benzene rings is 1. The summed E-state index contributed by atoms with van der Waals surface area (Å²) in [5.74, 6) is 0.664. The molecule has 0 saturated carbocycles. The number of aryl methyl sites for hydroxylation is 1. The van der Waals surface area contributed by atoms with Gasteiger partial charge in [0.1, 0.15) is 11.2 Å². The molecule has 0 saturated heterocycles. The minimum Gasteiger partial charge on any atom is -0.441 e. The van der Waals surface area contributed by atoms with Crippen molar-refractivity contribution in [1.82, 2.24) is 15.2 Å². The SMILES string of the molecule is Cc1nc2ccc(-c3n[nH]c(CCN)c3Br)cc2o1. The lowest BCUT2D eigenvalue weighted by atomic mass is 10.1. The van der Waals surface area contributed by atoms with E-state index in [4.69, 9.17) is 10.2 Å². The smallest absolute Gasteiger partial charge is 0.192 e. The van der Waals surface area contributed by atoms with E-state index in [-0.39, 0.29) is 0 Å². The molecule has 0 atom stereocenters. The standard InChI is InChI=1S/C13H13BrN4O/c1-7-16-9-3-2-8(6-11(9)19-7)13-12(14)10(4-5-15)17-18-13/h2-3,6H,4-5,15H2,1H3,(H,17,18). The normalized spacial score (nSPS) is 11.3. The summed E-state index contributed by atoms with van der Waals surface area (Å²) in [5, 5.41) is 7.33. The van der Waals surface area contributed by atoms with Gasteiger partial charge in [-0.05, 0) is 34.6 Å². The summed E-state index contributed by atoms with van der Waals surface area (Å²) in [6.07, 6.45) is 0.761. The summed E-state index contributed by atoms with van der Waals surface area (Å²) in [6, 6.07) is 5.87. The molecule has 98 valence electrons. The maximum atomic E-state index is 5.56. The fourth-order valence-electron chi connectivity index (χ4n) is 2.05. The molecule has 0 fully saturated rings. The molecule has 3 N–H and O–H groups in total. The Labute approximate surface area is 118 Å². The summed E-state index contributed by atoms with van der Waals surface area (Å²) in [7, 11) is 0. The van der Waals surface area contributed by atoms with Gasteiger partial charge in [-0.3, -0.25) is 5.10 Å². The molecular weight excluding hydrogens is 308 g/mol. The van der Waals surface area contributed by atoms with Gasteiger partial charge in [0, 0.05) is 18.9 Å². The van der Waals surface area contributed by atoms with Gasteiger partial charge in [-0.25, -0.2) is 4.98 Å². The van der Waals surface area contributed by atoms with Gasteiger partial charge in [0.15, 0.2) is 11.5 Å². The maximum absolute atomic E-state index is 5.56. The first-order valence-corrected chi connectivity index (χ1v) is 6.78. The van der Waals surface area contributed by atoms with Gasteiger partial charge in [-0.2, -0.15) is 5.10 Å². The number of nitrogens with zero attached hydrogens (tertiary/aromatic N) is 2. The Morgan fingerprint density at radius 2 is 2.26 bits per heavy atom. The number of nitrogens with one attached hydrogen (secondary N) is 1. The number of hydrogen-bond donors (Lipinski definition) is 2. The number of halogens is 1. The number of nitrogens with two attached hydrogens (primary N) is 1. The Hall–Kier alpha value is -1.66. The third kappa shape index (κ3) is 2.17. The highest BCUT2D eigenvalue weighted by molar-refractivity contribution is 9.10. The van der Waals surface area contributed by atoms with Crippen molar-refractivity contribution in [3.8, 4) is 11.3 Å². The molecule has 3 rings (SSSR count). The van der Waals surface area contributed by atoms with Crippen LogP contribution in [0.4, 0.5) is 0 Å². The molecule has 0 bridgehead atoms. The van der Waals surface area contributed by atoms with Crippen LogP contribution in [0.15, 0.2) is 27.1 Å². The van der Waals surface area contributed by atoms with Gasteiger partial charge in [0.25, 0.3) is 0 Å². The van der Waals surface area contributed by atoms with E-state index in [1.165, 1.54) is 0 Å². The van der Waals surface area contributed by atoms with Gasteiger partial charge < -0.3 is 10.2 Å². The molecule has 2 aromatic heterocycles. The molecule has 3 aromatic rings. The van der Waals surface area contributed by atoms with Crippen LogP contribution in [0.2, 0.25) is 0 Å². The lowest BCUT2D eigenvalue weighted by Crippen LogP contribution is -2.03. The first kappa shape index (κ1) is 12.4. The number of rotatable bonds is 3. The fraction of sp³-hybridized carbons (Fsp3) is 0.231. The van der Waals surface area contributed by atoms with E-state index in [1.54, 1.807) is 0 Å². The Bertz CT molecular complexity index is 731. The maximum Gasteiger partial charge on any atom is 0.192 e. The van der Waals surface area contributed by atoms with Gasteiger partial charge in [-0.15, -0.1) is 0 Å². The van der Waals surface area contributed by atoms with Crippen LogP contribution >= 0.6 is 15.9 Å². The molecule has 0 aliphatic carbocycles. The van der Waals surface area contributed by atoms with E-state index in [2.05, 4.69) is 31.1 Å². The first-order valence-electron chi connectivity index (χ1n) is 5.99. The third-order valence-corrected chi connectivity index (χ3v) is 3.79. The highest BCUT2D eigenvalue weighted by atomic mass is 79.9. The topological polar surface area (TPSA) is 80.7 Å². The summed E-state index contributed by atoms with van der Waals surface area (Å²) in [6.45, 7) is 2.42. The summed E-state index contributed by atoms with van der Waals surface area (Å²) in [5.41, 5.74) is 10.0. The van der Waals surface area contributed by atoms with E-state index >= 15 is 0 Å². The minimum absolute atomic E-state index is 0.584. The van der Waals surface area contributed by atoms with Crippen LogP contribution in [0.1, 0.15) is 11.6 Å². The van der Waals surface area contributed by atoms with Crippen LogP contribution in [-0.2, 0) is 6.42 Å². The quantitative estimate of drug-likeness (QED) is 0.777. The Morgan fingerprint density at radius 1 is 1.42 bits per heavy atom. The molecule has 0 aliphatic rings. The van der Waals surface area contributed by atoms with E-state index < -0.39 is 0 Å². The molecule has 0 radical (unpaired) electrons. The molecule has 0 unspecified atom stereocenters. The van der Waals surface area contributed by atoms with Crippen LogP contribution < -0.4 is 5.73 Å². The zero-order valence-corrected chi connectivity index (χ0v) is 12.0. The molecule has 2 heterocycles. The molecule has 19 heavy (non-hydrogen) atoms. The molecule has 0 aliphatic heterocycles. The van der Waals surface area contributed by atoms with Crippen LogP contribution in [0, 0.1) is 6.92 Å². The lowest BCUT2D eigenvalue weighted by molar-refractivity contribution is 0.561. The van der Waals surface area contributed by atoms with Crippen molar-refractivity contribution in [2.24, 2.45) is 5.73 Å². The van der Waals surface area contributed by atoms with E-state index in [0.29, 0.717) is 12.4 Å². The number of H-pyrrole nitrogens is 1. The second-order valence-corrected chi connectivity index (χ2v) is 5.11. The van der Waals surface area contributed by atoms with Gasteiger partial charge >= 0.3 is 0 Å². The number of aromatic nitrogens is 3. The van der Waals surface area contributed by atoms with Crippen molar-refractivity contribution < 1.29 is 4.42 Å². The zero-order valence-electron chi connectivity index (χ0n) is 10.4. The highest BCUT2D eigenvalue weighted by Crippen LogP contribution is 2.31. The van der Waals surface area contributed by atoms with Crippen molar-refractivity contribution in [1.29, 1.82) is 0 Å². The van der Waals surface area contributed by atoms with Crippen LogP contribution in [0.25, 0.3) is 22.4 Å². The molecule has 0 amide bonds. The van der Waals surface area contributed by atoms with Crippen LogP contribution in [0.5, 0.6) is 0 Å². The largest absolute Gasteiger partial charge is 0.441 e. The molecule has 5 nitrogen and oxygen atoms in total. The molecule has 1 aromatic carbocycles. The van der Waals surface area contributed by atoms with E-state index in [9.17, 15) is 0 Å². The average molecular weight is 321 g/mol. The predicted octanol–water partition coefficient (Wildman–Crippen LogP) is 2.79. The van der Waals surface area contributed by atoms with Crippen LogP contribution in [-0.4, -0.2) is 21.7 Å². The van der Waals surface area contributed by atoms with Crippen molar-refractivity contribution in [2.75, 3.05) is 6.54 Å². The zero-order chi connectivity index (χ0) is 13.4. The Kier molecular flexibility index (Phi) is 3.12. The molecule has 6 heteroatoms. The van der Waals surface area contributed by atoms with Crippen molar-refractivity contribution in [3.05, 3.63) is 34.3 Å². The fourth-order valence-corrected chi connectivity index (χ4v) is 2.66. The number of fused-ring (bicyclic) bond motifs is 1. The Morgan fingerprint density at radius 3 is 3.05 bits per heavy atom. The first-order chi connectivity index (χ1) is 9.19. The number of oxazole rings is 1. The average Bonchev–Trinajstić information content (AvgIpc) is 2.92. The summed E-state index contributed by atoms with van der Waals surface area (Å²) >= 11 is 3.56. The number of hydrogen-bond acceptors (Lipinski definition) is 4. The van der Waals surface area contributed by atoms with Crippen molar-refractivity contribution in [2.45, 2.75) is 13.3 Å². The number of aromatic amines is 1. The van der Waals surface area contributed by atoms with Crippen molar-refractivity contribution in [3.63, 3.8) is 0 Å². The molecular formula is C13H13BrN4O. The van der Waals surface area contributed by atoms with Crippen molar-refractivity contribution >= 4 is 27.0 Å². The van der Waals surface area contributed by atoms with E-state index in [0.717, 1.165) is 38.9 Å². The van der Waals surface area contributed by atoms with E-state index in [1.807, 2.05) is 25.1 Å². The highest BCUT2D eigenvalue weighted by Gasteiger charge is 2.13. The lowest BCUT2D eigenvalue weighted by Gasteiger charge is -1.98. The summed E-state index contributed by atoms with van der Waals surface area (Å²) in [4.78, 5) is 4.28. The monoisotopic (exact) mass is 320 g/mol. The summed E-state index contributed by atoms with van der Waals surface area (Å²) < 4.78 is 6.49. The van der Waals surface area contributed by atoms with Crippen LogP contribution in [0.3, 0.4) is 0 Å². The molecule has 0 spiro atoms. The predicted molar refractivity (Wildman–Crippen MR) is 76.8 cm³/mol. The third-order valence-electron chi connectivity index (χ3n) is 2.94. The second-order valence-electron chi connectivity index (χ2n) is 4.32. The minimum atomic E-state index is 0.584. The van der Waals surface area contributed by atoms with Gasteiger partial charge in [-0.1, -0.05) is 6.07 Å². The van der Waals surface area contributed by atoms with Gasteiger partial charge in [0.2, 0.25) is 0 Å². The van der Waals surface area contributed by atoms with Gasteiger partial charge in [0.05, 0.1) is 10.2 Å². The Balaban J connectivity index is 2.08. The second kappa shape index (κ2) is 4.79.